The molecule has 1 N–H and O–H groups in total. The lowest BCUT2D eigenvalue weighted by Gasteiger charge is -2.11. The fourth-order valence-corrected chi connectivity index (χ4v) is 2.33. The molecule has 21 heavy (non-hydrogen) atoms. The van der Waals surface area contributed by atoms with Gasteiger partial charge in [-0.2, -0.15) is 14.9 Å². The summed E-state index contributed by atoms with van der Waals surface area (Å²) in [6.45, 7) is 2.57. The van der Waals surface area contributed by atoms with Crippen molar-refractivity contribution in [3.8, 4) is 6.07 Å². The number of nitrogens with one attached hydrogen (secondary N) is 1. The van der Waals surface area contributed by atoms with E-state index in [9.17, 15) is 5.26 Å². The molecular weight excluding hydrogens is 262 g/mol. The standard InChI is InChI=1S/C16H15N5/c1-12-14(11-17)16(21-15(20-12)8-10-19-21)18-9-7-13-5-3-2-4-6-13/h2-6,8,10,18H,7,9H2,1H3. The zero-order chi connectivity index (χ0) is 14.7. The fraction of sp³-hybridized carbons (Fsp3) is 0.188. The van der Waals surface area contributed by atoms with Crippen molar-refractivity contribution in [1.29, 1.82) is 5.26 Å². The van der Waals surface area contributed by atoms with Gasteiger partial charge in [-0.15, -0.1) is 0 Å². The Balaban J connectivity index is 1.86. The second-order valence-electron chi connectivity index (χ2n) is 4.80. The highest BCUT2D eigenvalue weighted by molar-refractivity contribution is 5.60. The molecule has 0 unspecified atom stereocenters. The maximum absolute atomic E-state index is 9.34. The Morgan fingerprint density at radius 2 is 2.05 bits per heavy atom. The average molecular weight is 277 g/mol. The smallest absolute Gasteiger partial charge is 0.157 e. The summed E-state index contributed by atoms with van der Waals surface area (Å²) in [4.78, 5) is 4.37. The summed E-state index contributed by atoms with van der Waals surface area (Å²) in [6, 6.07) is 14.3. The first-order valence-corrected chi connectivity index (χ1v) is 6.82. The van der Waals surface area contributed by atoms with E-state index in [4.69, 9.17) is 0 Å². The average Bonchev–Trinajstić information content (AvgIpc) is 2.96. The lowest BCUT2D eigenvalue weighted by molar-refractivity contribution is 0.901. The molecule has 0 saturated carbocycles. The molecule has 0 aliphatic heterocycles. The van der Waals surface area contributed by atoms with Gasteiger partial charge in [-0.3, -0.25) is 0 Å². The van der Waals surface area contributed by atoms with Crippen LogP contribution in [-0.4, -0.2) is 21.1 Å². The number of hydrogen-bond donors (Lipinski definition) is 1. The molecular formula is C16H15N5. The zero-order valence-electron chi connectivity index (χ0n) is 11.7. The minimum atomic E-state index is 0.541. The van der Waals surface area contributed by atoms with Crippen molar-refractivity contribution >= 4 is 11.5 Å². The number of hydrogen-bond acceptors (Lipinski definition) is 4. The van der Waals surface area contributed by atoms with Crippen LogP contribution in [0, 0.1) is 18.3 Å². The van der Waals surface area contributed by atoms with E-state index in [1.165, 1.54) is 5.56 Å². The molecule has 0 fully saturated rings. The Kier molecular flexibility index (Phi) is 3.52. The highest BCUT2D eigenvalue weighted by atomic mass is 15.3. The van der Waals surface area contributed by atoms with Crippen LogP contribution < -0.4 is 5.32 Å². The topological polar surface area (TPSA) is 66.0 Å². The van der Waals surface area contributed by atoms with E-state index in [2.05, 4.69) is 33.6 Å². The van der Waals surface area contributed by atoms with Crippen LogP contribution in [0.2, 0.25) is 0 Å². The largest absolute Gasteiger partial charge is 0.368 e. The molecule has 104 valence electrons. The Morgan fingerprint density at radius 3 is 2.81 bits per heavy atom. The molecule has 0 aliphatic carbocycles. The normalized spacial score (nSPS) is 10.5. The van der Waals surface area contributed by atoms with Gasteiger partial charge in [0.25, 0.3) is 0 Å². The van der Waals surface area contributed by atoms with Gasteiger partial charge in [0, 0.05) is 12.6 Å². The summed E-state index contributed by atoms with van der Waals surface area (Å²) in [5.41, 5.74) is 3.26. The van der Waals surface area contributed by atoms with Crippen molar-refractivity contribution in [2.75, 3.05) is 11.9 Å². The first-order chi connectivity index (χ1) is 10.3. The maximum Gasteiger partial charge on any atom is 0.157 e. The first kappa shape index (κ1) is 13.1. The molecule has 3 rings (SSSR count). The molecule has 5 heteroatoms. The van der Waals surface area contributed by atoms with Crippen LogP contribution in [0.15, 0.2) is 42.6 Å². The van der Waals surface area contributed by atoms with E-state index >= 15 is 0 Å². The summed E-state index contributed by atoms with van der Waals surface area (Å²) >= 11 is 0. The van der Waals surface area contributed by atoms with Crippen molar-refractivity contribution in [2.24, 2.45) is 0 Å². The number of rotatable bonds is 4. The second-order valence-corrected chi connectivity index (χ2v) is 4.80. The first-order valence-electron chi connectivity index (χ1n) is 6.82. The summed E-state index contributed by atoms with van der Waals surface area (Å²) in [7, 11) is 0. The quantitative estimate of drug-likeness (QED) is 0.796. The SMILES string of the molecule is Cc1nc2ccnn2c(NCCc2ccccc2)c1C#N. The van der Waals surface area contributed by atoms with Gasteiger partial charge in [-0.25, -0.2) is 4.98 Å². The Hall–Kier alpha value is -2.87. The van der Waals surface area contributed by atoms with Gasteiger partial charge in [0.05, 0.1) is 11.9 Å². The molecule has 1 aromatic carbocycles. The minimum Gasteiger partial charge on any atom is -0.368 e. The number of benzene rings is 1. The monoisotopic (exact) mass is 277 g/mol. The van der Waals surface area contributed by atoms with E-state index in [1.807, 2.05) is 31.2 Å². The molecule has 0 saturated heterocycles. The van der Waals surface area contributed by atoms with Gasteiger partial charge in [0.15, 0.2) is 5.65 Å². The van der Waals surface area contributed by atoms with Gasteiger partial charge >= 0.3 is 0 Å². The molecule has 3 aromatic rings. The predicted molar refractivity (Wildman–Crippen MR) is 81.1 cm³/mol. The third-order valence-electron chi connectivity index (χ3n) is 3.38. The summed E-state index contributed by atoms with van der Waals surface area (Å²) < 4.78 is 1.68. The van der Waals surface area contributed by atoms with Gasteiger partial charge in [-0.05, 0) is 18.9 Å². The number of aryl methyl sites for hydroxylation is 1. The third-order valence-corrected chi connectivity index (χ3v) is 3.38. The van der Waals surface area contributed by atoms with Gasteiger partial charge in [0.2, 0.25) is 0 Å². The Bertz CT molecular complexity index is 799. The predicted octanol–water partition coefficient (Wildman–Crippen LogP) is 2.56. The number of fused-ring (bicyclic) bond motifs is 1. The molecule has 0 amide bonds. The molecule has 0 atom stereocenters. The van der Waals surface area contributed by atoms with Crippen molar-refractivity contribution in [1.82, 2.24) is 14.6 Å². The molecule has 0 radical (unpaired) electrons. The van der Waals surface area contributed by atoms with Crippen LogP contribution in [-0.2, 0) is 6.42 Å². The van der Waals surface area contributed by atoms with Gasteiger partial charge in [-0.1, -0.05) is 30.3 Å². The minimum absolute atomic E-state index is 0.541. The van der Waals surface area contributed by atoms with Crippen LogP contribution in [0.1, 0.15) is 16.8 Å². The highest BCUT2D eigenvalue weighted by Crippen LogP contribution is 2.18. The van der Waals surface area contributed by atoms with Crippen molar-refractivity contribution in [3.63, 3.8) is 0 Å². The van der Waals surface area contributed by atoms with Crippen LogP contribution in [0.4, 0.5) is 5.82 Å². The third kappa shape index (κ3) is 2.56. The van der Waals surface area contributed by atoms with Crippen LogP contribution in [0.5, 0.6) is 0 Å². The number of nitriles is 1. The Labute approximate surface area is 122 Å². The lowest BCUT2D eigenvalue weighted by Crippen LogP contribution is -2.12. The van der Waals surface area contributed by atoms with Gasteiger partial charge in [0.1, 0.15) is 17.5 Å². The van der Waals surface area contributed by atoms with E-state index in [0.29, 0.717) is 17.1 Å². The second kappa shape index (κ2) is 5.63. The van der Waals surface area contributed by atoms with E-state index in [0.717, 1.165) is 18.6 Å². The molecule has 0 aliphatic rings. The van der Waals surface area contributed by atoms with Crippen molar-refractivity contribution < 1.29 is 0 Å². The molecule has 0 bridgehead atoms. The zero-order valence-corrected chi connectivity index (χ0v) is 11.7. The highest BCUT2D eigenvalue weighted by Gasteiger charge is 2.12. The van der Waals surface area contributed by atoms with E-state index in [1.54, 1.807) is 10.7 Å². The molecule has 2 aromatic heterocycles. The van der Waals surface area contributed by atoms with Crippen molar-refractivity contribution in [3.05, 3.63) is 59.4 Å². The summed E-state index contributed by atoms with van der Waals surface area (Å²) in [6.07, 6.45) is 2.57. The molecule has 2 heterocycles. The summed E-state index contributed by atoms with van der Waals surface area (Å²) in [5.74, 6) is 0.709. The number of nitrogens with zero attached hydrogens (tertiary/aromatic N) is 4. The van der Waals surface area contributed by atoms with Crippen molar-refractivity contribution in [2.45, 2.75) is 13.3 Å². The van der Waals surface area contributed by atoms with E-state index < -0.39 is 0 Å². The van der Waals surface area contributed by atoms with Crippen LogP contribution in [0.3, 0.4) is 0 Å². The fourth-order valence-electron chi connectivity index (χ4n) is 2.33. The maximum atomic E-state index is 9.34. The number of anilines is 1. The van der Waals surface area contributed by atoms with E-state index in [-0.39, 0.29) is 0 Å². The lowest BCUT2D eigenvalue weighted by atomic mass is 10.1. The van der Waals surface area contributed by atoms with Crippen LogP contribution >= 0.6 is 0 Å². The molecule has 5 nitrogen and oxygen atoms in total. The molecule has 0 spiro atoms. The van der Waals surface area contributed by atoms with Gasteiger partial charge < -0.3 is 5.32 Å². The summed E-state index contributed by atoms with van der Waals surface area (Å²) in [5, 5.41) is 16.9. The number of aromatic nitrogens is 3. The van der Waals surface area contributed by atoms with Crippen LogP contribution in [0.25, 0.3) is 5.65 Å². The Morgan fingerprint density at radius 1 is 1.24 bits per heavy atom.